The van der Waals surface area contributed by atoms with E-state index in [2.05, 4.69) is 4.98 Å². The average Bonchev–Trinajstić information content (AvgIpc) is 3.20. The highest BCUT2D eigenvalue weighted by atomic mass is 35.5. The fourth-order valence-corrected chi connectivity index (χ4v) is 2.47. The van der Waals surface area contributed by atoms with Crippen LogP contribution in [0.3, 0.4) is 0 Å². The van der Waals surface area contributed by atoms with Crippen LogP contribution in [0.2, 0.25) is 0 Å². The number of benzene rings is 1. The molecule has 104 valence electrons. The van der Waals surface area contributed by atoms with Crippen LogP contribution in [0.5, 0.6) is 0 Å². The van der Waals surface area contributed by atoms with Crippen molar-refractivity contribution in [2.24, 2.45) is 5.92 Å². The van der Waals surface area contributed by atoms with Gasteiger partial charge in [0.1, 0.15) is 5.82 Å². The molecule has 1 aromatic carbocycles. The molecule has 20 heavy (non-hydrogen) atoms. The van der Waals surface area contributed by atoms with Gasteiger partial charge in [0.05, 0.1) is 5.69 Å². The first-order valence-corrected chi connectivity index (χ1v) is 6.44. The molecule has 1 aromatic heterocycles. The molecular formula is C15H12Cl2FNO. The van der Waals surface area contributed by atoms with Crippen molar-refractivity contribution in [1.82, 2.24) is 4.98 Å². The second kappa shape index (κ2) is 5.90. The maximum absolute atomic E-state index is 12.8. The van der Waals surface area contributed by atoms with Gasteiger partial charge in [0.2, 0.25) is 5.24 Å². The minimum Gasteiger partial charge on any atom is -0.281 e. The monoisotopic (exact) mass is 311 g/mol. The molecule has 1 aliphatic rings. The van der Waals surface area contributed by atoms with Crippen molar-refractivity contribution in [3.05, 3.63) is 54.0 Å². The molecule has 0 amide bonds. The number of hydrogen-bond donors (Lipinski definition) is 0. The van der Waals surface area contributed by atoms with Crippen LogP contribution in [0.4, 0.5) is 4.39 Å². The van der Waals surface area contributed by atoms with Crippen LogP contribution in [0, 0.1) is 11.7 Å². The molecule has 1 fully saturated rings. The van der Waals surface area contributed by atoms with Crippen molar-refractivity contribution < 1.29 is 9.18 Å². The van der Waals surface area contributed by atoms with Gasteiger partial charge >= 0.3 is 0 Å². The molecule has 0 N–H and O–H groups in total. The zero-order valence-electron chi connectivity index (χ0n) is 10.4. The van der Waals surface area contributed by atoms with Gasteiger partial charge in [-0.2, -0.15) is 0 Å². The summed E-state index contributed by atoms with van der Waals surface area (Å²) in [6.07, 6.45) is 2.57. The van der Waals surface area contributed by atoms with Gasteiger partial charge in [-0.05, 0) is 59.8 Å². The SMILES string of the molecule is Cl.O=C(Cl)C1CC1c1ccc(-c2ccc(F)cc2)nc1. The predicted octanol–water partition coefficient (Wildman–Crippen LogP) is 4.18. The third kappa shape index (κ3) is 3.00. The molecule has 1 aliphatic carbocycles. The van der Waals surface area contributed by atoms with E-state index in [0.29, 0.717) is 0 Å². The van der Waals surface area contributed by atoms with Crippen molar-refractivity contribution >= 4 is 29.3 Å². The van der Waals surface area contributed by atoms with Crippen molar-refractivity contribution in [2.45, 2.75) is 12.3 Å². The first-order chi connectivity index (χ1) is 9.15. The Bertz CT molecular complexity index is 613. The highest BCUT2D eigenvalue weighted by Crippen LogP contribution is 2.48. The molecule has 1 saturated carbocycles. The Balaban J connectivity index is 0.00000147. The van der Waals surface area contributed by atoms with Gasteiger partial charge in [0.15, 0.2) is 0 Å². The van der Waals surface area contributed by atoms with E-state index >= 15 is 0 Å². The second-order valence-corrected chi connectivity index (χ2v) is 5.11. The number of halogens is 3. The van der Waals surface area contributed by atoms with E-state index < -0.39 is 0 Å². The summed E-state index contributed by atoms with van der Waals surface area (Å²) in [4.78, 5) is 15.4. The molecule has 0 aliphatic heterocycles. The van der Waals surface area contributed by atoms with E-state index in [1.807, 2.05) is 12.1 Å². The lowest BCUT2D eigenvalue weighted by Gasteiger charge is -2.03. The zero-order valence-corrected chi connectivity index (χ0v) is 12.0. The van der Waals surface area contributed by atoms with Crippen LogP contribution in [-0.4, -0.2) is 10.2 Å². The largest absolute Gasteiger partial charge is 0.281 e. The molecular weight excluding hydrogens is 300 g/mol. The Morgan fingerprint density at radius 1 is 1.20 bits per heavy atom. The van der Waals surface area contributed by atoms with Crippen molar-refractivity contribution in [2.75, 3.05) is 0 Å². The van der Waals surface area contributed by atoms with Crippen LogP contribution in [0.15, 0.2) is 42.6 Å². The highest BCUT2D eigenvalue weighted by molar-refractivity contribution is 6.64. The number of aromatic nitrogens is 1. The Kier molecular flexibility index (Phi) is 4.41. The Morgan fingerprint density at radius 2 is 1.90 bits per heavy atom. The van der Waals surface area contributed by atoms with Crippen molar-refractivity contribution in [3.63, 3.8) is 0 Å². The summed E-state index contributed by atoms with van der Waals surface area (Å²) in [5.41, 5.74) is 2.69. The molecule has 1 heterocycles. The van der Waals surface area contributed by atoms with Gasteiger partial charge in [0.25, 0.3) is 0 Å². The van der Waals surface area contributed by atoms with E-state index in [1.165, 1.54) is 12.1 Å². The topological polar surface area (TPSA) is 30.0 Å². The summed E-state index contributed by atoms with van der Waals surface area (Å²) >= 11 is 5.47. The standard InChI is InChI=1S/C15H11ClFNO.ClH/c16-15(19)13-7-12(13)10-3-6-14(18-8-10)9-1-4-11(17)5-2-9;/h1-6,8,12-13H,7H2;1H. The minimum atomic E-state index is -0.271. The Morgan fingerprint density at radius 3 is 2.40 bits per heavy atom. The summed E-state index contributed by atoms with van der Waals surface area (Å²) in [6, 6.07) is 10.0. The number of nitrogens with zero attached hydrogens (tertiary/aromatic N) is 1. The molecule has 2 aromatic rings. The molecule has 0 radical (unpaired) electrons. The van der Waals surface area contributed by atoms with E-state index in [1.54, 1.807) is 18.3 Å². The third-order valence-electron chi connectivity index (χ3n) is 3.44. The predicted molar refractivity (Wildman–Crippen MR) is 78.6 cm³/mol. The number of rotatable bonds is 3. The number of pyridine rings is 1. The number of hydrogen-bond acceptors (Lipinski definition) is 2. The first-order valence-electron chi connectivity index (χ1n) is 6.06. The van der Waals surface area contributed by atoms with Crippen LogP contribution in [0.1, 0.15) is 17.9 Å². The quantitative estimate of drug-likeness (QED) is 0.796. The Labute approximate surface area is 127 Å². The van der Waals surface area contributed by atoms with E-state index in [4.69, 9.17) is 11.6 Å². The molecule has 0 spiro atoms. The summed E-state index contributed by atoms with van der Waals surface area (Å²) in [7, 11) is 0. The smallest absolute Gasteiger partial charge is 0.225 e. The molecule has 5 heteroatoms. The molecule has 2 atom stereocenters. The molecule has 0 saturated heterocycles. The van der Waals surface area contributed by atoms with Gasteiger partial charge in [0, 0.05) is 17.7 Å². The van der Waals surface area contributed by atoms with Crippen LogP contribution >= 0.6 is 24.0 Å². The molecule has 3 rings (SSSR count). The zero-order chi connectivity index (χ0) is 13.4. The fourth-order valence-electron chi connectivity index (χ4n) is 2.23. The number of carbonyl (C=O) groups is 1. The first kappa shape index (κ1) is 14.9. The lowest BCUT2D eigenvalue weighted by Crippen LogP contribution is -1.93. The lowest BCUT2D eigenvalue weighted by molar-refractivity contribution is -0.112. The van der Waals surface area contributed by atoms with Crippen LogP contribution in [-0.2, 0) is 4.79 Å². The fraction of sp³-hybridized carbons (Fsp3) is 0.200. The maximum Gasteiger partial charge on any atom is 0.225 e. The summed E-state index contributed by atoms with van der Waals surface area (Å²) in [6.45, 7) is 0. The van der Waals surface area contributed by atoms with E-state index in [-0.39, 0.29) is 35.3 Å². The van der Waals surface area contributed by atoms with Crippen molar-refractivity contribution in [3.8, 4) is 11.3 Å². The van der Waals surface area contributed by atoms with Crippen molar-refractivity contribution in [1.29, 1.82) is 0 Å². The highest BCUT2D eigenvalue weighted by Gasteiger charge is 2.43. The van der Waals surface area contributed by atoms with Gasteiger partial charge in [-0.1, -0.05) is 6.07 Å². The summed E-state index contributed by atoms with van der Waals surface area (Å²) in [5.74, 6) is -0.110. The number of carbonyl (C=O) groups excluding carboxylic acids is 1. The summed E-state index contributed by atoms with van der Waals surface area (Å²) in [5, 5.41) is -0.271. The van der Waals surface area contributed by atoms with Crippen LogP contribution in [0.25, 0.3) is 11.3 Å². The minimum absolute atomic E-state index is 0. The second-order valence-electron chi connectivity index (χ2n) is 4.74. The van der Waals surface area contributed by atoms with E-state index in [0.717, 1.165) is 23.2 Å². The molecule has 2 nitrogen and oxygen atoms in total. The normalized spacial score (nSPS) is 20.1. The van der Waals surface area contributed by atoms with E-state index in [9.17, 15) is 9.18 Å². The third-order valence-corrected chi connectivity index (χ3v) is 3.72. The molecule has 2 unspecified atom stereocenters. The maximum atomic E-state index is 12.8. The van der Waals surface area contributed by atoms with Gasteiger partial charge < -0.3 is 0 Å². The lowest BCUT2D eigenvalue weighted by atomic mass is 10.1. The van der Waals surface area contributed by atoms with Gasteiger partial charge in [-0.15, -0.1) is 12.4 Å². The molecule has 0 bridgehead atoms. The summed E-state index contributed by atoms with van der Waals surface area (Å²) < 4.78 is 12.8. The Hall–Kier alpha value is -1.45. The van der Waals surface area contributed by atoms with Gasteiger partial charge in [-0.3, -0.25) is 9.78 Å². The van der Waals surface area contributed by atoms with Crippen LogP contribution < -0.4 is 0 Å². The van der Waals surface area contributed by atoms with Gasteiger partial charge in [-0.25, -0.2) is 4.39 Å². The average molecular weight is 312 g/mol.